The van der Waals surface area contributed by atoms with Crippen molar-refractivity contribution >= 4 is 0 Å². The minimum absolute atomic E-state index is 0.0109. The van der Waals surface area contributed by atoms with Crippen molar-refractivity contribution < 1.29 is 20.1 Å². The van der Waals surface area contributed by atoms with Gasteiger partial charge in [-0.25, -0.2) is 4.79 Å². The molecule has 1 aromatic heterocycles. The third kappa shape index (κ3) is 2.61. The minimum Gasteiger partial charge on any atom is -0.394 e. The highest BCUT2D eigenvalue weighted by molar-refractivity contribution is 5.02. The summed E-state index contributed by atoms with van der Waals surface area (Å²) < 4.78 is 6.49. The molecule has 0 aromatic carbocycles. The number of aromatic nitrogens is 2. The zero-order chi connectivity index (χ0) is 14.2. The third-order valence-corrected chi connectivity index (χ3v) is 3.19. The lowest BCUT2D eigenvalue weighted by Gasteiger charge is -2.36. The van der Waals surface area contributed by atoms with Crippen molar-refractivity contribution in [3.05, 3.63) is 32.6 Å². The molecule has 1 saturated heterocycles. The molecule has 4 atom stereocenters. The molecule has 1 aliphatic heterocycles. The van der Waals surface area contributed by atoms with Crippen LogP contribution in [0.4, 0.5) is 0 Å². The van der Waals surface area contributed by atoms with Crippen LogP contribution in [-0.4, -0.2) is 49.8 Å². The Morgan fingerprint density at radius 3 is 2.79 bits per heavy atom. The fraction of sp³-hybridized carbons (Fsp3) is 0.636. The van der Waals surface area contributed by atoms with Crippen LogP contribution in [-0.2, 0) is 4.74 Å². The van der Waals surface area contributed by atoms with Crippen LogP contribution in [0.1, 0.15) is 18.2 Å². The molecule has 1 fully saturated rings. The van der Waals surface area contributed by atoms with Crippen LogP contribution >= 0.6 is 0 Å². The monoisotopic (exact) mass is 272 g/mol. The number of aliphatic hydroxyl groups excluding tert-OH is 3. The van der Waals surface area contributed by atoms with Gasteiger partial charge >= 0.3 is 5.69 Å². The van der Waals surface area contributed by atoms with E-state index in [0.29, 0.717) is 5.56 Å². The lowest BCUT2D eigenvalue weighted by Crippen LogP contribution is -2.50. The number of nitrogens with zero attached hydrogens (tertiary/aromatic N) is 1. The number of ether oxygens (including phenoxy) is 1. The SMILES string of the molecule is Cc1cn([C@@H]2C[C@H](O)[C@H](O)[C@H](CO)O2)c(=O)[nH]c1=O. The number of aryl methyl sites for hydroxylation is 1. The molecule has 0 unspecified atom stereocenters. The Bertz CT molecular complexity index is 565. The summed E-state index contributed by atoms with van der Waals surface area (Å²) in [6.07, 6.45) is -2.84. The van der Waals surface area contributed by atoms with Crippen molar-refractivity contribution in [2.45, 2.75) is 37.9 Å². The summed E-state index contributed by atoms with van der Waals surface area (Å²) in [4.78, 5) is 25.1. The lowest BCUT2D eigenvalue weighted by molar-refractivity contribution is -0.202. The van der Waals surface area contributed by atoms with Crippen LogP contribution in [0.25, 0.3) is 0 Å². The summed E-state index contributed by atoms with van der Waals surface area (Å²) in [6.45, 7) is 1.05. The van der Waals surface area contributed by atoms with Gasteiger partial charge in [-0.1, -0.05) is 0 Å². The first kappa shape index (κ1) is 13.9. The topological polar surface area (TPSA) is 125 Å². The number of aromatic amines is 1. The second-order valence-corrected chi connectivity index (χ2v) is 4.58. The molecule has 1 aromatic rings. The summed E-state index contributed by atoms with van der Waals surface area (Å²) in [5.41, 5.74) is -0.832. The Morgan fingerprint density at radius 2 is 2.16 bits per heavy atom. The zero-order valence-electron chi connectivity index (χ0n) is 10.3. The van der Waals surface area contributed by atoms with E-state index < -0.39 is 42.4 Å². The highest BCUT2D eigenvalue weighted by Crippen LogP contribution is 2.26. The van der Waals surface area contributed by atoms with Crippen LogP contribution in [0, 0.1) is 6.92 Å². The first-order chi connectivity index (χ1) is 8.93. The van der Waals surface area contributed by atoms with E-state index in [1.807, 2.05) is 0 Å². The van der Waals surface area contributed by atoms with Gasteiger partial charge in [-0.15, -0.1) is 0 Å². The maximum Gasteiger partial charge on any atom is 0.330 e. The lowest BCUT2D eigenvalue weighted by atomic mass is 10.0. The van der Waals surface area contributed by atoms with Gasteiger partial charge < -0.3 is 20.1 Å². The molecule has 0 amide bonds. The number of rotatable bonds is 2. The van der Waals surface area contributed by atoms with E-state index in [0.717, 1.165) is 4.57 Å². The fourth-order valence-electron chi connectivity index (χ4n) is 2.06. The van der Waals surface area contributed by atoms with Gasteiger partial charge in [0.05, 0.1) is 12.7 Å². The van der Waals surface area contributed by atoms with Crippen molar-refractivity contribution in [2.75, 3.05) is 6.61 Å². The fourth-order valence-corrected chi connectivity index (χ4v) is 2.06. The molecule has 2 heterocycles. The molecule has 0 radical (unpaired) electrons. The van der Waals surface area contributed by atoms with E-state index in [9.17, 15) is 19.8 Å². The van der Waals surface area contributed by atoms with Crippen LogP contribution in [0.15, 0.2) is 15.8 Å². The highest BCUT2D eigenvalue weighted by Gasteiger charge is 2.37. The van der Waals surface area contributed by atoms with Crippen LogP contribution < -0.4 is 11.2 Å². The molecule has 0 saturated carbocycles. The molecular weight excluding hydrogens is 256 g/mol. The molecule has 8 heteroatoms. The highest BCUT2D eigenvalue weighted by atomic mass is 16.5. The predicted octanol–water partition coefficient (Wildman–Crippen LogP) is -2.15. The summed E-state index contributed by atoms with van der Waals surface area (Å²) in [7, 11) is 0. The van der Waals surface area contributed by atoms with Crippen molar-refractivity contribution in [1.29, 1.82) is 0 Å². The first-order valence-corrected chi connectivity index (χ1v) is 5.88. The quantitative estimate of drug-likeness (QED) is 0.486. The molecule has 19 heavy (non-hydrogen) atoms. The molecule has 1 aliphatic rings. The van der Waals surface area contributed by atoms with Gasteiger partial charge in [0.1, 0.15) is 18.4 Å². The van der Waals surface area contributed by atoms with Crippen LogP contribution in [0.2, 0.25) is 0 Å². The first-order valence-electron chi connectivity index (χ1n) is 5.88. The maximum absolute atomic E-state index is 11.7. The summed E-state index contributed by atoms with van der Waals surface area (Å²) in [6, 6.07) is 0. The van der Waals surface area contributed by atoms with Gasteiger partial charge in [-0.05, 0) is 6.92 Å². The van der Waals surface area contributed by atoms with Gasteiger partial charge in [-0.3, -0.25) is 14.3 Å². The second-order valence-electron chi connectivity index (χ2n) is 4.58. The number of hydrogen-bond donors (Lipinski definition) is 4. The number of hydrogen-bond acceptors (Lipinski definition) is 6. The van der Waals surface area contributed by atoms with Crippen LogP contribution in [0.3, 0.4) is 0 Å². The van der Waals surface area contributed by atoms with Crippen molar-refractivity contribution in [3.63, 3.8) is 0 Å². The van der Waals surface area contributed by atoms with Gasteiger partial charge in [0.25, 0.3) is 5.56 Å². The van der Waals surface area contributed by atoms with Gasteiger partial charge in [0.2, 0.25) is 0 Å². The Hall–Kier alpha value is -1.48. The van der Waals surface area contributed by atoms with Crippen LogP contribution in [0.5, 0.6) is 0 Å². The summed E-state index contributed by atoms with van der Waals surface area (Å²) >= 11 is 0. The van der Waals surface area contributed by atoms with E-state index in [1.54, 1.807) is 0 Å². The predicted molar refractivity (Wildman–Crippen MR) is 63.7 cm³/mol. The number of H-pyrrole nitrogens is 1. The standard InChI is InChI=1S/C11H16N2O6/c1-5-3-13(11(18)12-10(5)17)8-2-6(15)9(16)7(4-14)19-8/h3,6-9,14-16H,2,4H2,1H3,(H,12,17,18)/t6-,7-,8-,9-/m0/s1. The molecule has 0 spiro atoms. The minimum atomic E-state index is -1.21. The molecule has 4 N–H and O–H groups in total. The molecule has 8 nitrogen and oxygen atoms in total. The Kier molecular flexibility index (Phi) is 3.85. The molecule has 106 valence electrons. The Balaban J connectivity index is 2.35. The van der Waals surface area contributed by atoms with E-state index in [1.165, 1.54) is 13.1 Å². The maximum atomic E-state index is 11.7. The van der Waals surface area contributed by atoms with E-state index in [4.69, 9.17) is 9.84 Å². The van der Waals surface area contributed by atoms with Gasteiger partial charge in [0, 0.05) is 18.2 Å². The van der Waals surface area contributed by atoms with E-state index in [-0.39, 0.29) is 6.42 Å². The number of aliphatic hydroxyl groups is 3. The Labute approximate surface area is 107 Å². The smallest absolute Gasteiger partial charge is 0.330 e. The zero-order valence-corrected chi connectivity index (χ0v) is 10.3. The molecular formula is C11H16N2O6. The third-order valence-electron chi connectivity index (χ3n) is 3.19. The van der Waals surface area contributed by atoms with Crippen molar-refractivity contribution in [1.82, 2.24) is 9.55 Å². The summed E-state index contributed by atoms with van der Waals surface area (Å²) in [5.74, 6) is 0. The van der Waals surface area contributed by atoms with Crippen molar-refractivity contribution in [3.8, 4) is 0 Å². The average molecular weight is 272 g/mol. The normalized spacial score (nSPS) is 31.4. The molecule has 2 rings (SSSR count). The summed E-state index contributed by atoms with van der Waals surface area (Å²) in [5, 5.41) is 28.4. The van der Waals surface area contributed by atoms with Crippen molar-refractivity contribution in [2.24, 2.45) is 0 Å². The Morgan fingerprint density at radius 1 is 1.47 bits per heavy atom. The van der Waals surface area contributed by atoms with E-state index in [2.05, 4.69) is 4.98 Å². The number of nitrogens with one attached hydrogen (secondary N) is 1. The molecule has 0 aliphatic carbocycles. The largest absolute Gasteiger partial charge is 0.394 e. The average Bonchev–Trinajstić information content (AvgIpc) is 2.37. The van der Waals surface area contributed by atoms with Gasteiger partial charge in [-0.2, -0.15) is 0 Å². The van der Waals surface area contributed by atoms with Gasteiger partial charge in [0.15, 0.2) is 0 Å². The second kappa shape index (κ2) is 5.25. The van der Waals surface area contributed by atoms with E-state index >= 15 is 0 Å². The molecule has 0 bridgehead atoms.